The van der Waals surface area contributed by atoms with Crippen LogP contribution in [0, 0.1) is 0 Å². The third-order valence-electron chi connectivity index (χ3n) is 3.98. The molecule has 3 aromatic rings. The molecule has 0 saturated heterocycles. The molecule has 0 unspecified atom stereocenters. The Balaban J connectivity index is 1.53. The molecule has 0 radical (unpaired) electrons. The van der Waals surface area contributed by atoms with Gasteiger partial charge in [0.2, 0.25) is 5.91 Å². The van der Waals surface area contributed by atoms with Crippen LogP contribution < -0.4 is 5.32 Å². The van der Waals surface area contributed by atoms with E-state index in [1.807, 2.05) is 72.8 Å². The van der Waals surface area contributed by atoms with Gasteiger partial charge in [-0.15, -0.1) is 0 Å². The number of amides is 1. The minimum Gasteiger partial charge on any atom is -0.352 e. The van der Waals surface area contributed by atoms with Crippen LogP contribution >= 0.6 is 0 Å². The topological polar surface area (TPSA) is 46.2 Å². The maximum absolute atomic E-state index is 12.3. The summed E-state index contributed by atoms with van der Waals surface area (Å²) in [7, 11) is 0. The molecule has 0 bridgehead atoms. The zero-order valence-electron chi connectivity index (χ0n) is 13.4. The molecule has 3 nitrogen and oxygen atoms in total. The minimum atomic E-state index is -0.104. The van der Waals surface area contributed by atoms with Gasteiger partial charge in [0.1, 0.15) is 0 Å². The predicted octanol–water partition coefficient (Wildman–Crippen LogP) is 4.12. The van der Waals surface area contributed by atoms with Gasteiger partial charge in [0.05, 0.1) is 0 Å². The van der Waals surface area contributed by atoms with Gasteiger partial charge in [-0.3, -0.25) is 9.59 Å². The van der Waals surface area contributed by atoms with Gasteiger partial charge in [-0.2, -0.15) is 0 Å². The number of ketones is 1. The first kappa shape index (κ1) is 15.9. The SMILES string of the molecule is O=C(CCC(=O)c1ccc2ccccc2c1)NCc1ccccc1. The van der Waals surface area contributed by atoms with Gasteiger partial charge in [-0.05, 0) is 22.4 Å². The fraction of sp³-hybridized carbons (Fsp3) is 0.143. The Morgan fingerprint density at radius 2 is 1.46 bits per heavy atom. The number of carbonyl (C=O) groups is 2. The molecule has 0 heterocycles. The van der Waals surface area contributed by atoms with Gasteiger partial charge in [-0.1, -0.05) is 66.7 Å². The molecule has 0 saturated carbocycles. The van der Waals surface area contributed by atoms with Crippen LogP contribution in [0.15, 0.2) is 72.8 Å². The molecule has 0 atom stereocenters. The van der Waals surface area contributed by atoms with E-state index in [1.54, 1.807) is 0 Å². The number of hydrogen-bond acceptors (Lipinski definition) is 2. The minimum absolute atomic E-state index is 0.00406. The van der Waals surface area contributed by atoms with Crippen LogP contribution in [0.25, 0.3) is 10.8 Å². The number of Topliss-reactive ketones (excluding diaryl/α,β-unsaturated/α-hetero) is 1. The number of hydrogen-bond donors (Lipinski definition) is 1. The summed E-state index contributed by atoms with van der Waals surface area (Å²) in [5.74, 6) is -0.108. The maximum Gasteiger partial charge on any atom is 0.220 e. The van der Waals surface area contributed by atoms with Gasteiger partial charge in [0.25, 0.3) is 0 Å². The Kier molecular flexibility index (Phi) is 5.02. The van der Waals surface area contributed by atoms with Crippen molar-refractivity contribution in [1.29, 1.82) is 0 Å². The molecule has 0 aliphatic carbocycles. The summed E-state index contributed by atoms with van der Waals surface area (Å²) in [6, 6.07) is 23.3. The number of fused-ring (bicyclic) bond motifs is 1. The number of carbonyl (C=O) groups excluding carboxylic acids is 2. The van der Waals surface area contributed by atoms with Crippen LogP contribution in [-0.4, -0.2) is 11.7 Å². The highest BCUT2D eigenvalue weighted by Crippen LogP contribution is 2.17. The Morgan fingerprint density at radius 3 is 2.25 bits per heavy atom. The predicted molar refractivity (Wildman–Crippen MR) is 95.8 cm³/mol. The van der Waals surface area contributed by atoms with Crippen molar-refractivity contribution in [3.8, 4) is 0 Å². The van der Waals surface area contributed by atoms with E-state index in [0.717, 1.165) is 16.3 Å². The van der Waals surface area contributed by atoms with Gasteiger partial charge in [-0.25, -0.2) is 0 Å². The zero-order chi connectivity index (χ0) is 16.8. The molecule has 0 aromatic heterocycles. The van der Waals surface area contributed by atoms with E-state index in [1.165, 1.54) is 0 Å². The number of nitrogens with one attached hydrogen (secondary N) is 1. The quantitative estimate of drug-likeness (QED) is 0.695. The van der Waals surface area contributed by atoms with E-state index in [2.05, 4.69) is 5.32 Å². The number of benzene rings is 3. The Bertz CT molecular complexity index is 856. The average molecular weight is 317 g/mol. The third kappa shape index (κ3) is 4.07. The summed E-state index contributed by atoms with van der Waals surface area (Å²) < 4.78 is 0. The molecule has 3 aromatic carbocycles. The average Bonchev–Trinajstić information content (AvgIpc) is 2.65. The van der Waals surface area contributed by atoms with Crippen molar-refractivity contribution in [3.05, 3.63) is 83.9 Å². The van der Waals surface area contributed by atoms with Crippen molar-refractivity contribution < 1.29 is 9.59 Å². The fourth-order valence-electron chi connectivity index (χ4n) is 2.62. The van der Waals surface area contributed by atoms with Crippen LogP contribution in [0.1, 0.15) is 28.8 Å². The second-order valence-electron chi connectivity index (χ2n) is 5.75. The Labute approximate surface area is 141 Å². The van der Waals surface area contributed by atoms with Gasteiger partial charge >= 0.3 is 0 Å². The first-order chi connectivity index (χ1) is 11.7. The molecule has 3 heteroatoms. The molecule has 0 aliphatic rings. The van der Waals surface area contributed by atoms with E-state index >= 15 is 0 Å². The van der Waals surface area contributed by atoms with Crippen LogP contribution in [0.2, 0.25) is 0 Å². The van der Waals surface area contributed by atoms with Crippen LogP contribution in [0.3, 0.4) is 0 Å². The van der Waals surface area contributed by atoms with E-state index in [-0.39, 0.29) is 24.5 Å². The lowest BCUT2D eigenvalue weighted by Crippen LogP contribution is -2.23. The summed E-state index contributed by atoms with van der Waals surface area (Å²) >= 11 is 0. The van der Waals surface area contributed by atoms with Crippen molar-refractivity contribution in [1.82, 2.24) is 5.32 Å². The molecule has 0 spiro atoms. The molecule has 0 aliphatic heterocycles. The van der Waals surface area contributed by atoms with Crippen molar-refractivity contribution in [2.24, 2.45) is 0 Å². The molecule has 24 heavy (non-hydrogen) atoms. The Hall–Kier alpha value is -2.94. The first-order valence-corrected chi connectivity index (χ1v) is 8.05. The van der Waals surface area contributed by atoms with E-state index in [9.17, 15) is 9.59 Å². The highest BCUT2D eigenvalue weighted by molar-refractivity contribution is 6.01. The third-order valence-corrected chi connectivity index (χ3v) is 3.98. The lowest BCUT2D eigenvalue weighted by Gasteiger charge is -2.06. The Morgan fingerprint density at radius 1 is 0.750 bits per heavy atom. The van der Waals surface area contributed by atoms with Crippen molar-refractivity contribution in [2.75, 3.05) is 0 Å². The molecular weight excluding hydrogens is 298 g/mol. The highest BCUT2D eigenvalue weighted by atomic mass is 16.2. The fourth-order valence-corrected chi connectivity index (χ4v) is 2.62. The van der Waals surface area contributed by atoms with E-state index < -0.39 is 0 Å². The molecule has 120 valence electrons. The van der Waals surface area contributed by atoms with Crippen LogP contribution in [0.5, 0.6) is 0 Å². The summed E-state index contributed by atoms with van der Waals surface area (Å²) in [6.45, 7) is 0.490. The second-order valence-corrected chi connectivity index (χ2v) is 5.75. The largest absolute Gasteiger partial charge is 0.352 e. The lowest BCUT2D eigenvalue weighted by molar-refractivity contribution is -0.121. The standard InChI is InChI=1S/C21H19NO2/c23-20(19-11-10-17-8-4-5-9-18(17)14-19)12-13-21(24)22-15-16-6-2-1-3-7-16/h1-11,14H,12-13,15H2,(H,22,24). The monoisotopic (exact) mass is 317 g/mol. The van der Waals surface area contributed by atoms with Crippen LogP contribution in [-0.2, 0) is 11.3 Å². The summed E-state index contributed by atoms with van der Waals surface area (Å²) in [6.07, 6.45) is 0.428. The second kappa shape index (κ2) is 7.55. The first-order valence-electron chi connectivity index (χ1n) is 8.05. The van der Waals surface area contributed by atoms with Gasteiger partial charge in [0, 0.05) is 24.9 Å². The van der Waals surface area contributed by atoms with E-state index in [4.69, 9.17) is 0 Å². The normalized spacial score (nSPS) is 10.5. The van der Waals surface area contributed by atoms with Crippen molar-refractivity contribution in [2.45, 2.75) is 19.4 Å². The maximum atomic E-state index is 12.3. The highest BCUT2D eigenvalue weighted by Gasteiger charge is 2.10. The summed E-state index contributed by atoms with van der Waals surface area (Å²) in [5, 5.41) is 4.99. The number of rotatable bonds is 6. The van der Waals surface area contributed by atoms with Crippen molar-refractivity contribution in [3.63, 3.8) is 0 Å². The van der Waals surface area contributed by atoms with Crippen molar-refractivity contribution >= 4 is 22.5 Å². The molecule has 1 amide bonds. The smallest absolute Gasteiger partial charge is 0.220 e. The molecule has 1 N–H and O–H groups in total. The van der Waals surface area contributed by atoms with E-state index in [0.29, 0.717) is 12.1 Å². The summed E-state index contributed by atoms with van der Waals surface area (Å²) in [5.41, 5.74) is 1.70. The lowest BCUT2D eigenvalue weighted by atomic mass is 10.0. The van der Waals surface area contributed by atoms with Gasteiger partial charge < -0.3 is 5.32 Å². The van der Waals surface area contributed by atoms with Gasteiger partial charge in [0.15, 0.2) is 5.78 Å². The summed E-state index contributed by atoms with van der Waals surface area (Å²) in [4.78, 5) is 24.2. The zero-order valence-corrected chi connectivity index (χ0v) is 13.4. The molecular formula is C21H19NO2. The van der Waals surface area contributed by atoms with Crippen LogP contribution in [0.4, 0.5) is 0 Å². The molecule has 3 rings (SSSR count). The molecule has 0 fully saturated rings.